The van der Waals surface area contributed by atoms with Gasteiger partial charge in [0.05, 0.1) is 16.7 Å². The van der Waals surface area contributed by atoms with Crippen LogP contribution in [0.5, 0.6) is 5.75 Å². The molecule has 0 spiro atoms. The molecule has 8 aromatic rings. The molecular weight excluding hydrogens is 601 g/mol. The summed E-state index contributed by atoms with van der Waals surface area (Å²) in [5.41, 5.74) is 8.90. The first kappa shape index (κ1) is 30.2. The van der Waals surface area contributed by atoms with Crippen LogP contribution in [-0.4, -0.2) is 19.6 Å². The first-order valence-corrected chi connectivity index (χ1v) is 16.7. The van der Waals surface area contributed by atoms with Crippen LogP contribution >= 0.6 is 0 Å². The number of fused-ring (bicyclic) bond motifs is 3. The summed E-state index contributed by atoms with van der Waals surface area (Å²) in [7, 11) is 0. The monoisotopic (exact) mass is 636 g/mol. The molecular formula is C44H36N4O. The van der Waals surface area contributed by atoms with Gasteiger partial charge in [-0.15, -0.1) is 0 Å². The predicted molar refractivity (Wildman–Crippen MR) is 202 cm³/mol. The van der Waals surface area contributed by atoms with E-state index >= 15 is 0 Å². The Morgan fingerprint density at radius 1 is 0.633 bits per heavy atom. The van der Waals surface area contributed by atoms with E-state index in [0.717, 1.165) is 62.8 Å². The SMILES string of the molecule is CC(C)Cc1cc(-c2cc(-c3ccccc3O)cc(-n3c4ccccc4c4ccccc43)c2)nc(N(c2ccccc2)c2ccccn2)c1. The maximum absolute atomic E-state index is 11.1. The highest BCUT2D eigenvalue weighted by Crippen LogP contribution is 2.39. The van der Waals surface area contributed by atoms with Gasteiger partial charge in [0.25, 0.3) is 0 Å². The highest BCUT2D eigenvalue weighted by molar-refractivity contribution is 6.09. The Labute approximate surface area is 286 Å². The lowest BCUT2D eigenvalue weighted by Gasteiger charge is -2.24. The van der Waals surface area contributed by atoms with Gasteiger partial charge in [0.15, 0.2) is 0 Å². The van der Waals surface area contributed by atoms with Crippen molar-refractivity contribution >= 4 is 39.1 Å². The maximum Gasteiger partial charge on any atom is 0.139 e. The largest absolute Gasteiger partial charge is 0.507 e. The molecule has 0 amide bonds. The van der Waals surface area contributed by atoms with Crippen LogP contribution in [0.4, 0.5) is 17.3 Å². The lowest BCUT2D eigenvalue weighted by molar-refractivity contribution is 0.477. The topological polar surface area (TPSA) is 54.2 Å². The molecule has 0 aliphatic carbocycles. The van der Waals surface area contributed by atoms with E-state index < -0.39 is 0 Å². The molecule has 0 fully saturated rings. The van der Waals surface area contributed by atoms with Crippen LogP contribution in [-0.2, 0) is 6.42 Å². The Morgan fingerprint density at radius 3 is 1.98 bits per heavy atom. The first-order valence-electron chi connectivity index (χ1n) is 16.7. The number of pyridine rings is 2. The number of phenolic OH excluding ortho intramolecular Hbond substituents is 1. The molecule has 49 heavy (non-hydrogen) atoms. The number of rotatable bonds is 8. The molecule has 8 rings (SSSR count). The highest BCUT2D eigenvalue weighted by atomic mass is 16.3. The van der Waals surface area contributed by atoms with Gasteiger partial charge < -0.3 is 9.67 Å². The summed E-state index contributed by atoms with van der Waals surface area (Å²) in [5.74, 6) is 2.27. The lowest BCUT2D eigenvalue weighted by atomic mass is 9.97. The van der Waals surface area contributed by atoms with Gasteiger partial charge in [-0.3, -0.25) is 4.90 Å². The van der Waals surface area contributed by atoms with Crippen molar-refractivity contribution in [3.05, 3.63) is 163 Å². The second-order valence-corrected chi connectivity index (χ2v) is 12.8. The molecule has 0 unspecified atom stereocenters. The minimum absolute atomic E-state index is 0.237. The Hall–Kier alpha value is -6.20. The third-order valence-corrected chi connectivity index (χ3v) is 8.90. The normalized spacial score (nSPS) is 11.4. The van der Waals surface area contributed by atoms with E-state index in [9.17, 15) is 5.11 Å². The molecule has 0 saturated carbocycles. The van der Waals surface area contributed by atoms with Crippen molar-refractivity contribution in [3.63, 3.8) is 0 Å². The smallest absolute Gasteiger partial charge is 0.139 e. The van der Waals surface area contributed by atoms with Gasteiger partial charge in [-0.05, 0) is 96.3 Å². The van der Waals surface area contributed by atoms with Crippen molar-refractivity contribution in [2.45, 2.75) is 20.3 Å². The van der Waals surface area contributed by atoms with Gasteiger partial charge in [-0.25, -0.2) is 9.97 Å². The number of aromatic hydroxyl groups is 1. The van der Waals surface area contributed by atoms with Crippen molar-refractivity contribution in [2.24, 2.45) is 5.92 Å². The summed E-state index contributed by atoms with van der Waals surface area (Å²) >= 11 is 0. The summed E-state index contributed by atoms with van der Waals surface area (Å²) in [6.07, 6.45) is 2.71. The molecule has 0 aliphatic rings. The number of para-hydroxylation sites is 4. The van der Waals surface area contributed by atoms with Crippen molar-refractivity contribution in [2.75, 3.05) is 4.90 Å². The van der Waals surface area contributed by atoms with Crippen LogP contribution in [0.25, 0.3) is 49.9 Å². The second-order valence-electron chi connectivity index (χ2n) is 12.8. The van der Waals surface area contributed by atoms with Crippen LogP contribution in [0.2, 0.25) is 0 Å². The summed E-state index contributed by atoms with van der Waals surface area (Å²) in [4.78, 5) is 12.3. The molecule has 3 aromatic heterocycles. The summed E-state index contributed by atoms with van der Waals surface area (Å²) in [6.45, 7) is 4.49. The average Bonchev–Trinajstić information content (AvgIpc) is 3.47. The lowest BCUT2D eigenvalue weighted by Crippen LogP contribution is -2.14. The van der Waals surface area contributed by atoms with Gasteiger partial charge in [0, 0.05) is 39.5 Å². The fourth-order valence-electron chi connectivity index (χ4n) is 6.83. The Morgan fingerprint density at radius 2 is 1.29 bits per heavy atom. The van der Waals surface area contributed by atoms with E-state index in [1.165, 1.54) is 16.3 Å². The standard InChI is InChI=1S/C44H36N4O/c1-30(2)24-31-25-39(46-44(26-31)48(34-14-4-3-5-15-34)43-22-12-13-23-45-43)33-27-32(36-16-8-11-21-42(36)49)28-35(29-33)47-40-19-9-6-17-37(40)38-18-7-10-20-41(38)47/h3-23,25-30,49H,24H2,1-2H3. The van der Waals surface area contributed by atoms with Gasteiger partial charge in [-0.1, -0.05) is 92.7 Å². The molecule has 5 nitrogen and oxygen atoms in total. The molecule has 0 saturated heterocycles. The van der Waals surface area contributed by atoms with Crippen molar-refractivity contribution in [1.29, 1.82) is 0 Å². The number of anilines is 3. The van der Waals surface area contributed by atoms with E-state index in [0.29, 0.717) is 5.92 Å². The summed E-state index contributed by atoms with van der Waals surface area (Å²) < 4.78 is 2.32. The number of phenols is 1. The predicted octanol–water partition coefficient (Wildman–Crippen LogP) is 11.3. The van der Waals surface area contributed by atoms with E-state index in [1.807, 2.05) is 60.8 Å². The van der Waals surface area contributed by atoms with Gasteiger partial charge in [0.2, 0.25) is 0 Å². The van der Waals surface area contributed by atoms with Crippen molar-refractivity contribution < 1.29 is 5.11 Å². The molecule has 1 N–H and O–H groups in total. The summed E-state index contributed by atoms with van der Waals surface area (Å²) in [6, 6.07) is 51.8. The molecule has 0 radical (unpaired) electrons. The van der Waals surface area contributed by atoms with Crippen molar-refractivity contribution in [1.82, 2.24) is 14.5 Å². The Bertz CT molecular complexity index is 2320. The molecule has 5 heteroatoms. The molecule has 3 heterocycles. The van der Waals surface area contributed by atoms with Gasteiger partial charge >= 0.3 is 0 Å². The maximum atomic E-state index is 11.1. The third-order valence-electron chi connectivity index (χ3n) is 8.90. The number of aromatic nitrogens is 3. The van der Waals surface area contributed by atoms with Crippen LogP contribution in [0.3, 0.4) is 0 Å². The average molecular weight is 637 g/mol. The number of nitrogens with zero attached hydrogens (tertiary/aromatic N) is 4. The minimum atomic E-state index is 0.237. The molecule has 0 bridgehead atoms. The van der Waals surface area contributed by atoms with E-state index in [-0.39, 0.29) is 5.75 Å². The molecule has 0 aliphatic heterocycles. The highest BCUT2D eigenvalue weighted by Gasteiger charge is 2.20. The van der Waals surface area contributed by atoms with Gasteiger partial charge in [0.1, 0.15) is 17.4 Å². The molecule has 5 aromatic carbocycles. The number of hydrogen-bond donors (Lipinski definition) is 1. The number of benzene rings is 5. The molecule has 0 atom stereocenters. The van der Waals surface area contributed by atoms with Crippen LogP contribution in [0.15, 0.2) is 158 Å². The zero-order chi connectivity index (χ0) is 33.3. The Kier molecular flexibility index (Phi) is 7.86. The fourth-order valence-corrected chi connectivity index (χ4v) is 6.83. The van der Waals surface area contributed by atoms with Crippen LogP contribution < -0.4 is 4.90 Å². The first-order chi connectivity index (χ1) is 24.0. The quantitative estimate of drug-likeness (QED) is 0.180. The van der Waals surface area contributed by atoms with Crippen molar-refractivity contribution in [3.8, 4) is 33.8 Å². The van der Waals surface area contributed by atoms with Crippen LogP contribution in [0, 0.1) is 5.92 Å². The van der Waals surface area contributed by atoms with E-state index in [2.05, 4.69) is 114 Å². The zero-order valence-electron chi connectivity index (χ0n) is 27.5. The zero-order valence-corrected chi connectivity index (χ0v) is 27.5. The number of hydrogen-bond acceptors (Lipinski definition) is 4. The van der Waals surface area contributed by atoms with E-state index in [4.69, 9.17) is 9.97 Å². The minimum Gasteiger partial charge on any atom is -0.507 e. The third kappa shape index (κ3) is 5.80. The molecule has 238 valence electrons. The second kappa shape index (κ2) is 12.8. The fraction of sp³-hybridized carbons (Fsp3) is 0.0909. The van der Waals surface area contributed by atoms with E-state index in [1.54, 1.807) is 6.07 Å². The van der Waals surface area contributed by atoms with Crippen LogP contribution in [0.1, 0.15) is 19.4 Å². The van der Waals surface area contributed by atoms with Gasteiger partial charge in [-0.2, -0.15) is 0 Å². The summed E-state index contributed by atoms with van der Waals surface area (Å²) in [5, 5.41) is 13.5. The Balaban J connectivity index is 1.40.